The predicted molar refractivity (Wildman–Crippen MR) is 130 cm³/mol. The number of benzene rings is 2. The zero-order chi connectivity index (χ0) is 21.5. The molecule has 0 aliphatic carbocycles. The zero-order valence-corrected chi connectivity index (χ0v) is 20.2. The SMILES string of the molecule is Cc1ccc2c(Br)cc(Br)c(OCC(=O)c3c4n(c5ccccc35)CCNCC4)c2n1. The smallest absolute Gasteiger partial charge is 0.202 e. The fourth-order valence-corrected chi connectivity index (χ4v) is 5.73. The molecule has 3 heterocycles. The fourth-order valence-electron chi connectivity index (χ4n) is 4.34. The van der Waals surface area contributed by atoms with Gasteiger partial charge in [0.15, 0.2) is 12.4 Å². The topological polar surface area (TPSA) is 56.1 Å². The van der Waals surface area contributed by atoms with Crippen LogP contribution in [0.1, 0.15) is 21.7 Å². The lowest BCUT2D eigenvalue weighted by Crippen LogP contribution is -2.18. The van der Waals surface area contributed by atoms with Gasteiger partial charge in [0.2, 0.25) is 5.78 Å². The summed E-state index contributed by atoms with van der Waals surface area (Å²) in [5.41, 5.74) is 4.61. The number of pyridine rings is 1. The van der Waals surface area contributed by atoms with Gasteiger partial charge in [0.25, 0.3) is 0 Å². The highest BCUT2D eigenvalue weighted by atomic mass is 79.9. The molecular formula is C24H21Br2N3O2. The summed E-state index contributed by atoms with van der Waals surface area (Å²) in [6.45, 7) is 4.53. The first-order valence-corrected chi connectivity index (χ1v) is 11.9. The van der Waals surface area contributed by atoms with Gasteiger partial charge in [0.1, 0.15) is 5.52 Å². The molecule has 5 rings (SSSR count). The average Bonchev–Trinajstić information content (AvgIpc) is 2.89. The van der Waals surface area contributed by atoms with Crippen molar-refractivity contribution in [2.75, 3.05) is 19.7 Å². The van der Waals surface area contributed by atoms with Crippen molar-refractivity contribution in [3.63, 3.8) is 0 Å². The number of rotatable bonds is 4. The minimum absolute atomic E-state index is 0.0116. The van der Waals surface area contributed by atoms with E-state index in [1.54, 1.807) is 0 Å². The van der Waals surface area contributed by atoms with Crippen LogP contribution in [0.4, 0.5) is 0 Å². The maximum absolute atomic E-state index is 13.5. The van der Waals surface area contributed by atoms with E-state index < -0.39 is 0 Å². The van der Waals surface area contributed by atoms with Gasteiger partial charge in [-0.2, -0.15) is 0 Å². The highest BCUT2D eigenvalue weighted by Gasteiger charge is 2.24. The third-order valence-electron chi connectivity index (χ3n) is 5.73. The van der Waals surface area contributed by atoms with Crippen molar-refractivity contribution >= 4 is 59.4 Å². The second-order valence-electron chi connectivity index (χ2n) is 7.72. The first kappa shape index (κ1) is 20.7. The molecule has 2 aromatic heterocycles. The van der Waals surface area contributed by atoms with Gasteiger partial charge < -0.3 is 14.6 Å². The number of carbonyl (C=O) groups excluding carboxylic acids is 1. The van der Waals surface area contributed by atoms with Gasteiger partial charge in [-0.25, -0.2) is 4.98 Å². The van der Waals surface area contributed by atoms with Crippen LogP contribution in [0.5, 0.6) is 5.75 Å². The Morgan fingerprint density at radius 3 is 2.84 bits per heavy atom. The van der Waals surface area contributed by atoms with Gasteiger partial charge in [-0.1, -0.05) is 34.1 Å². The van der Waals surface area contributed by atoms with Crippen molar-refractivity contribution in [1.29, 1.82) is 0 Å². The Bertz CT molecular complexity index is 1330. The van der Waals surface area contributed by atoms with Gasteiger partial charge in [-0.15, -0.1) is 0 Å². The van der Waals surface area contributed by atoms with Crippen LogP contribution in [-0.2, 0) is 13.0 Å². The molecule has 0 bridgehead atoms. The number of nitrogens with one attached hydrogen (secondary N) is 1. The molecule has 0 spiro atoms. The molecule has 31 heavy (non-hydrogen) atoms. The van der Waals surface area contributed by atoms with Crippen molar-refractivity contribution < 1.29 is 9.53 Å². The van der Waals surface area contributed by atoms with E-state index in [1.165, 1.54) is 0 Å². The molecule has 0 atom stereocenters. The summed E-state index contributed by atoms with van der Waals surface area (Å²) in [5.74, 6) is 0.578. The molecule has 5 nitrogen and oxygen atoms in total. The Balaban J connectivity index is 1.54. The van der Waals surface area contributed by atoms with Crippen LogP contribution < -0.4 is 10.1 Å². The lowest BCUT2D eigenvalue weighted by molar-refractivity contribution is 0.0922. The summed E-state index contributed by atoms with van der Waals surface area (Å²) >= 11 is 7.18. The number of hydrogen-bond donors (Lipinski definition) is 1. The first-order valence-electron chi connectivity index (χ1n) is 10.3. The van der Waals surface area contributed by atoms with E-state index in [0.29, 0.717) is 5.75 Å². The fraction of sp³-hybridized carbons (Fsp3) is 0.250. The van der Waals surface area contributed by atoms with Gasteiger partial charge in [-0.05, 0) is 47.1 Å². The molecule has 0 saturated carbocycles. The van der Waals surface area contributed by atoms with E-state index in [2.05, 4.69) is 52.8 Å². The molecule has 0 amide bonds. The summed E-state index contributed by atoms with van der Waals surface area (Å²) in [6, 6.07) is 14.1. The number of fused-ring (bicyclic) bond motifs is 4. The number of carbonyl (C=O) groups is 1. The lowest BCUT2D eigenvalue weighted by Gasteiger charge is -2.13. The van der Waals surface area contributed by atoms with E-state index in [0.717, 1.165) is 73.8 Å². The maximum atomic E-state index is 13.5. The molecule has 4 aromatic rings. The molecule has 1 aliphatic heterocycles. The number of hydrogen-bond acceptors (Lipinski definition) is 4. The highest BCUT2D eigenvalue weighted by Crippen LogP contribution is 2.38. The van der Waals surface area contributed by atoms with Crippen LogP contribution in [0.25, 0.3) is 21.8 Å². The van der Waals surface area contributed by atoms with E-state index in [1.807, 2.05) is 43.3 Å². The Labute approximate surface area is 197 Å². The van der Waals surface area contributed by atoms with Crippen LogP contribution in [0.2, 0.25) is 0 Å². The molecule has 7 heteroatoms. The van der Waals surface area contributed by atoms with E-state index in [4.69, 9.17) is 4.74 Å². The number of aryl methyl sites for hydroxylation is 1. The average molecular weight is 543 g/mol. The standard InChI is InChI=1S/C24H21Br2N3O2/c1-14-6-7-15-17(25)12-18(26)24(23(15)28-14)31-13-21(30)22-16-4-2-3-5-19(16)29-11-10-27-9-8-20(22)29/h2-7,12,27H,8-11,13H2,1H3. The van der Waals surface area contributed by atoms with Crippen molar-refractivity contribution in [2.45, 2.75) is 19.9 Å². The third kappa shape index (κ3) is 3.69. The summed E-state index contributed by atoms with van der Waals surface area (Å²) in [4.78, 5) is 18.1. The second kappa shape index (κ2) is 8.37. The molecule has 1 aliphatic rings. The lowest BCUT2D eigenvalue weighted by atomic mass is 10.1. The van der Waals surface area contributed by atoms with Crippen molar-refractivity contribution in [3.05, 3.63) is 68.4 Å². The third-order valence-corrected chi connectivity index (χ3v) is 6.98. The quantitative estimate of drug-likeness (QED) is 0.349. The molecule has 0 unspecified atom stereocenters. The van der Waals surface area contributed by atoms with Gasteiger partial charge >= 0.3 is 0 Å². The van der Waals surface area contributed by atoms with Crippen molar-refractivity contribution in [2.24, 2.45) is 0 Å². The minimum atomic E-state index is -0.0423. The number of ether oxygens (including phenoxy) is 1. The summed E-state index contributed by atoms with van der Waals surface area (Å²) in [6.07, 6.45) is 0.821. The summed E-state index contributed by atoms with van der Waals surface area (Å²) in [7, 11) is 0. The van der Waals surface area contributed by atoms with E-state index in [-0.39, 0.29) is 12.4 Å². The Morgan fingerprint density at radius 2 is 1.97 bits per heavy atom. The Kier molecular flexibility index (Phi) is 5.58. The number of ketones is 1. The number of para-hydroxylation sites is 1. The Morgan fingerprint density at radius 1 is 1.13 bits per heavy atom. The normalized spacial score (nSPS) is 13.9. The molecule has 0 fully saturated rings. The minimum Gasteiger partial charge on any atom is -0.482 e. The van der Waals surface area contributed by atoms with Crippen LogP contribution in [-0.4, -0.2) is 35.0 Å². The second-order valence-corrected chi connectivity index (χ2v) is 9.43. The highest BCUT2D eigenvalue weighted by molar-refractivity contribution is 9.11. The zero-order valence-electron chi connectivity index (χ0n) is 17.0. The monoisotopic (exact) mass is 541 g/mol. The van der Waals surface area contributed by atoms with Crippen LogP contribution >= 0.6 is 31.9 Å². The van der Waals surface area contributed by atoms with Crippen molar-refractivity contribution in [3.8, 4) is 5.75 Å². The van der Waals surface area contributed by atoms with Crippen LogP contribution in [0.15, 0.2) is 51.4 Å². The van der Waals surface area contributed by atoms with E-state index >= 15 is 0 Å². The first-order chi connectivity index (χ1) is 15.0. The molecular weight excluding hydrogens is 522 g/mol. The molecule has 2 aromatic carbocycles. The number of halogens is 2. The molecule has 1 N–H and O–H groups in total. The molecule has 0 saturated heterocycles. The largest absolute Gasteiger partial charge is 0.482 e. The summed E-state index contributed by atoms with van der Waals surface area (Å²) < 4.78 is 10.1. The summed E-state index contributed by atoms with van der Waals surface area (Å²) in [5, 5.41) is 5.38. The van der Waals surface area contributed by atoms with Crippen LogP contribution in [0.3, 0.4) is 0 Å². The van der Waals surface area contributed by atoms with Crippen molar-refractivity contribution in [1.82, 2.24) is 14.9 Å². The number of Topliss-reactive ketones (excluding diaryl/α,β-unsaturated/α-hetero) is 1. The predicted octanol–water partition coefficient (Wildman–Crippen LogP) is 5.43. The van der Waals surface area contributed by atoms with Gasteiger partial charge in [0.05, 0.1) is 10.0 Å². The maximum Gasteiger partial charge on any atom is 0.202 e. The Hall–Kier alpha value is -2.22. The van der Waals surface area contributed by atoms with Gasteiger partial charge in [-0.3, -0.25) is 4.79 Å². The number of nitrogens with zero attached hydrogens (tertiary/aromatic N) is 2. The van der Waals surface area contributed by atoms with Crippen LogP contribution in [0, 0.1) is 6.92 Å². The molecule has 0 radical (unpaired) electrons. The van der Waals surface area contributed by atoms with Gasteiger partial charge in [0, 0.05) is 58.2 Å². The van der Waals surface area contributed by atoms with E-state index in [9.17, 15) is 4.79 Å². The number of aromatic nitrogens is 2. The molecule has 158 valence electrons.